The first-order valence-corrected chi connectivity index (χ1v) is 5.05. The van der Waals surface area contributed by atoms with Gasteiger partial charge in [0.25, 0.3) is 0 Å². The molecule has 0 aromatic carbocycles. The van der Waals surface area contributed by atoms with E-state index < -0.39 is 5.92 Å². The maximum Gasteiger partial charge on any atom is 0.310 e. The van der Waals surface area contributed by atoms with Crippen molar-refractivity contribution in [1.82, 2.24) is 5.48 Å². The maximum atomic E-state index is 11.4. The van der Waals surface area contributed by atoms with Crippen LogP contribution in [0.4, 0.5) is 0 Å². The van der Waals surface area contributed by atoms with Crippen LogP contribution in [0.2, 0.25) is 0 Å². The first-order chi connectivity index (χ1) is 7.52. The minimum Gasteiger partial charge on any atom is -0.469 e. The number of guanidine groups is 1. The number of nitrogens with two attached hydrogens (primary N) is 2. The Hall–Kier alpha value is -1.34. The van der Waals surface area contributed by atoms with Gasteiger partial charge in [0.1, 0.15) is 0 Å². The Morgan fingerprint density at radius 1 is 1.56 bits per heavy atom. The van der Waals surface area contributed by atoms with Gasteiger partial charge in [-0.2, -0.15) is 0 Å². The molecule has 6 N–H and O–H groups in total. The fourth-order valence-electron chi connectivity index (χ4n) is 1.33. The van der Waals surface area contributed by atoms with E-state index in [-0.39, 0.29) is 18.0 Å². The molecule has 0 bridgehead atoms. The number of carbonyl (C=O) groups is 1. The lowest BCUT2D eigenvalue weighted by Gasteiger charge is -2.19. The lowest BCUT2D eigenvalue weighted by atomic mass is 9.96. The Bertz CT molecular complexity index is 241. The van der Waals surface area contributed by atoms with Crippen LogP contribution in [-0.2, 0) is 9.53 Å². The van der Waals surface area contributed by atoms with Crippen LogP contribution in [0.1, 0.15) is 19.8 Å². The molecule has 0 aliphatic heterocycles. The number of nitrogens with one attached hydrogen (secondary N) is 1. The van der Waals surface area contributed by atoms with Crippen LogP contribution in [0.3, 0.4) is 0 Å². The molecular formula is C9H20N4O3. The Morgan fingerprint density at radius 3 is 2.62 bits per heavy atom. The van der Waals surface area contributed by atoms with Crippen molar-refractivity contribution in [2.45, 2.75) is 25.8 Å². The molecule has 7 heteroatoms. The molecule has 0 aliphatic rings. The summed E-state index contributed by atoms with van der Waals surface area (Å²) >= 11 is 0. The third-order valence-corrected chi connectivity index (χ3v) is 2.28. The van der Waals surface area contributed by atoms with E-state index in [0.29, 0.717) is 19.4 Å². The van der Waals surface area contributed by atoms with E-state index >= 15 is 0 Å². The quantitative estimate of drug-likeness (QED) is 0.150. The molecular weight excluding hydrogens is 212 g/mol. The maximum absolute atomic E-state index is 11.4. The number of carbonyl (C=O) groups excluding carboxylic acids is 1. The minimum atomic E-state index is -0.413. The Morgan fingerprint density at radius 2 is 2.19 bits per heavy atom. The highest BCUT2D eigenvalue weighted by Crippen LogP contribution is 2.13. The van der Waals surface area contributed by atoms with E-state index in [2.05, 4.69) is 9.73 Å². The molecule has 0 heterocycles. The van der Waals surface area contributed by atoms with Crippen molar-refractivity contribution in [2.75, 3.05) is 13.7 Å². The van der Waals surface area contributed by atoms with Crippen molar-refractivity contribution in [3.05, 3.63) is 0 Å². The predicted molar refractivity (Wildman–Crippen MR) is 59.8 cm³/mol. The van der Waals surface area contributed by atoms with Crippen LogP contribution in [-0.4, -0.2) is 36.8 Å². The van der Waals surface area contributed by atoms with E-state index in [1.54, 1.807) is 6.92 Å². The van der Waals surface area contributed by atoms with Crippen LogP contribution >= 0.6 is 0 Å². The molecule has 7 nitrogen and oxygen atoms in total. The molecule has 0 fully saturated rings. The zero-order chi connectivity index (χ0) is 12.6. The van der Waals surface area contributed by atoms with Gasteiger partial charge in [0.15, 0.2) is 5.96 Å². The van der Waals surface area contributed by atoms with Crippen molar-refractivity contribution in [3.8, 4) is 0 Å². The molecule has 0 aromatic rings. The first kappa shape index (κ1) is 14.7. The monoisotopic (exact) mass is 232 g/mol. The number of nitrogens with zero attached hydrogens (tertiary/aromatic N) is 1. The number of hydroxylamine groups is 1. The number of hydrogen-bond donors (Lipinski definition) is 4. The molecule has 94 valence electrons. The average Bonchev–Trinajstić information content (AvgIpc) is 2.27. The third-order valence-electron chi connectivity index (χ3n) is 2.28. The van der Waals surface area contributed by atoms with E-state index in [1.165, 1.54) is 7.11 Å². The molecule has 0 amide bonds. The van der Waals surface area contributed by atoms with Crippen molar-refractivity contribution in [3.63, 3.8) is 0 Å². The Balaban J connectivity index is 4.12. The minimum absolute atomic E-state index is 0.0305. The van der Waals surface area contributed by atoms with Crippen LogP contribution in [0.5, 0.6) is 0 Å². The molecule has 0 aromatic heterocycles. The van der Waals surface area contributed by atoms with Crippen molar-refractivity contribution < 1.29 is 14.7 Å². The normalized spacial score (nSPS) is 13.9. The molecule has 0 saturated carbocycles. The fourth-order valence-corrected chi connectivity index (χ4v) is 1.33. The van der Waals surface area contributed by atoms with Crippen LogP contribution in [0.15, 0.2) is 4.99 Å². The van der Waals surface area contributed by atoms with Gasteiger partial charge in [-0.25, -0.2) is 5.48 Å². The Labute approximate surface area is 94.8 Å². The average molecular weight is 232 g/mol. The molecule has 0 rings (SSSR count). The van der Waals surface area contributed by atoms with Gasteiger partial charge in [-0.15, -0.1) is 0 Å². The number of esters is 1. The fraction of sp³-hybridized carbons (Fsp3) is 0.778. The van der Waals surface area contributed by atoms with Crippen molar-refractivity contribution in [2.24, 2.45) is 22.4 Å². The van der Waals surface area contributed by atoms with Crippen molar-refractivity contribution >= 4 is 11.9 Å². The molecule has 16 heavy (non-hydrogen) atoms. The van der Waals surface area contributed by atoms with Gasteiger partial charge in [-0.1, -0.05) is 0 Å². The van der Waals surface area contributed by atoms with E-state index in [1.807, 2.05) is 5.48 Å². The van der Waals surface area contributed by atoms with Gasteiger partial charge in [0.05, 0.1) is 13.0 Å². The summed E-state index contributed by atoms with van der Waals surface area (Å²) in [4.78, 5) is 15.2. The summed E-state index contributed by atoms with van der Waals surface area (Å²) in [5.74, 6) is -0.745. The second-order valence-corrected chi connectivity index (χ2v) is 3.50. The molecule has 0 aliphatic carbocycles. The summed E-state index contributed by atoms with van der Waals surface area (Å²) in [6.07, 6.45) is 1.18. The SMILES string of the molecule is COC(=O)C(CCCN=C(N)N)C(C)NO. The summed E-state index contributed by atoms with van der Waals surface area (Å²) in [5.41, 5.74) is 12.4. The van der Waals surface area contributed by atoms with Gasteiger partial charge in [-0.05, 0) is 19.8 Å². The molecule has 0 radical (unpaired) electrons. The number of aliphatic imine (C=N–C) groups is 1. The van der Waals surface area contributed by atoms with E-state index in [0.717, 1.165) is 0 Å². The lowest BCUT2D eigenvalue weighted by Crippen LogP contribution is -2.36. The second kappa shape index (κ2) is 7.89. The third kappa shape index (κ3) is 5.52. The number of rotatable bonds is 7. The number of methoxy groups -OCH3 is 1. The second-order valence-electron chi connectivity index (χ2n) is 3.50. The summed E-state index contributed by atoms with van der Waals surface area (Å²) in [6, 6.07) is -0.369. The van der Waals surface area contributed by atoms with Crippen LogP contribution < -0.4 is 16.9 Å². The highest BCUT2D eigenvalue weighted by Gasteiger charge is 2.24. The van der Waals surface area contributed by atoms with Gasteiger partial charge in [-0.3, -0.25) is 9.79 Å². The predicted octanol–water partition coefficient (Wildman–Crippen LogP) is -0.803. The van der Waals surface area contributed by atoms with Crippen molar-refractivity contribution in [1.29, 1.82) is 0 Å². The van der Waals surface area contributed by atoms with Crippen LogP contribution in [0.25, 0.3) is 0 Å². The number of ether oxygens (including phenoxy) is 1. The first-order valence-electron chi connectivity index (χ1n) is 5.05. The summed E-state index contributed by atoms with van der Waals surface area (Å²) in [7, 11) is 1.31. The largest absolute Gasteiger partial charge is 0.469 e. The Kier molecular flexibility index (Phi) is 7.23. The molecule has 0 saturated heterocycles. The van der Waals surface area contributed by atoms with Gasteiger partial charge >= 0.3 is 5.97 Å². The number of hydrogen-bond acceptors (Lipinski definition) is 5. The zero-order valence-corrected chi connectivity index (χ0v) is 9.64. The highest BCUT2D eigenvalue weighted by atomic mass is 16.5. The summed E-state index contributed by atoms with van der Waals surface area (Å²) in [5, 5.41) is 8.77. The lowest BCUT2D eigenvalue weighted by molar-refractivity contribution is -0.147. The molecule has 2 unspecified atom stereocenters. The summed E-state index contributed by atoms with van der Waals surface area (Å²) in [6.45, 7) is 2.15. The smallest absolute Gasteiger partial charge is 0.310 e. The van der Waals surface area contributed by atoms with Gasteiger partial charge in [0, 0.05) is 12.6 Å². The van der Waals surface area contributed by atoms with E-state index in [4.69, 9.17) is 16.7 Å². The molecule has 2 atom stereocenters. The highest BCUT2D eigenvalue weighted by molar-refractivity contribution is 5.75. The summed E-state index contributed by atoms with van der Waals surface area (Å²) < 4.78 is 4.64. The topological polar surface area (TPSA) is 123 Å². The van der Waals surface area contributed by atoms with E-state index in [9.17, 15) is 4.79 Å². The zero-order valence-electron chi connectivity index (χ0n) is 9.64. The van der Waals surface area contributed by atoms with Gasteiger partial charge in [0.2, 0.25) is 0 Å². The standard InChI is InChI=1S/C9H20N4O3/c1-6(13-15)7(8(14)16-2)4-3-5-12-9(10)11/h6-7,13,15H,3-5H2,1-2H3,(H4,10,11,12). The van der Waals surface area contributed by atoms with Gasteiger partial charge < -0.3 is 21.4 Å². The molecule has 0 spiro atoms. The van der Waals surface area contributed by atoms with Crippen LogP contribution in [0, 0.1) is 5.92 Å².